The Morgan fingerprint density at radius 1 is 1.19 bits per heavy atom. The first-order valence-electron chi connectivity index (χ1n) is 8.26. The third-order valence-corrected chi connectivity index (χ3v) is 4.32. The number of rotatable bonds is 5. The summed E-state index contributed by atoms with van der Waals surface area (Å²) in [4.78, 5) is 23.1. The summed E-state index contributed by atoms with van der Waals surface area (Å²) in [6, 6.07) is 12.2. The van der Waals surface area contributed by atoms with E-state index in [2.05, 4.69) is 15.0 Å². The van der Waals surface area contributed by atoms with Gasteiger partial charge < -0.3 is 20.6 Å². The van der Waals surface area contributed by atoms with Crippen molar-refractivity contribution < 1.29 is 14.6 Å². The summed E-state index contributed by atoms with van der Waals surface area (Å²) in [6.45, 7) is 1.77. The highest BCUT2D eigenvalue weighted by molar-refractivity contribution is 6.13. The number of aromatic nitrogens is 2. The van der Waals surface area contributed by atoms with Gasteiger partial charge in [-0.15, -0.1) is 0 Å². The number of allylic oxidation sites excluding steroid dienone is 2. The third kappa shape index (κ3) is 3.52. The Morgan fingerprint density at radius 3 is 2.44 bits per heavy atom. The van der Waals surface area contributed by atoms with Crippen LogP contribution in [-0.2, 0) is 0 Å². The molecule has 0 aliphatic rings. The second-order valence-corrected chi connectivity index (χ2v) is 5.96. The molecule has 1 amide bonds. The van der Waals surface area contributed by atoms with Gasteiger partial charge in [0, 0.05) is 24.3 Å². The smallest absolute Gasteiger partial charge is 0.248 e. The summed E-state index contributed by atoms with van der Waals surface area (Å²) in [5, 5.41) is 10.8. The van der Waals surface area contributed by atoms with Crippen LogP contribution >= 0.6 is 0 Å². The SMILES string of the molecule is CN=C(/C(O)=C(\C)c1ccc(C(N)=O)cc1)c1nc2ccc(OC)cc2[nH]1. The number of nitrogens with zero attached hydrogens (tertiary/aromatic N) is 2. The fourth-order valence-corrected chi connectivity index (χ4v) is 2.75. The number of nitrogens with two attached hydrogens (primary N) is 1. The van der Waals surface area contributed by atoms with Crippen LogP contribution in [0, 0.1) is 0 Å². The summed E-state index contributed by atoms with van der Waals surface area (Å²) in [6.07, 6.45) is 0. The highest BCUT2D eigenvalue weighted by atomic mass is 16.5. The molecule has 0 radical (unpaired) electrons. The van der Waals surface area contributed by atoms with E-state index in [1.54, 1.807) is 45.3 Å². The predicted octanol–water partition coefficient (Wildman–Crippen LogP) is 3.08. The minimum absolute atomic E-state index is 0.00431. The monoisotopic (exact) mass is 364 g/mol. The molecule has 2 aromatic carbocycles. The quantitative estimate of drug-likeness (QED) is 0.477. The molecule has 1 heterocycles. The molecule has 7 heteroatoms. The number of carbonyl (C=O) groups excluding carboxylic acids is 1. The summed E-state index contributed by atoms with van der Waals surface area (Å²) in [5.74, 6) is 0.654. The van der Waals surface area contributed by atoms with E-state index in [9.17, 15) is 9.90 Å². The zero-order valence-electron chi connectivity index (χ0n) is 15.3. The van der Waals surface area contributed by atoms with Crippen LogP contribution in [0.4, 0.5) is 0 Å². The molecule has 3 aromatic rings. The second kappa shape index (κ2) is 7.33. The van der Waals surface area contributed by atoms with Gasteiger partial charge >= 0.3 is 0 Å². The number of benzene rings is 2. The number of carbonyl (C=O) groups is 1. The van der Waals surface area contributed by atoms with Crippen molar-refractivity contribution in [3.63, 3.8) is 0 Å². The largest absolute Gasteiger partial charge is 0.505 e. The van der Waals surface area contributed by atoms with Crippen LogP contribution in [0.1, 0.15) is 28.7 Å². The van der Waals surface area contributed by atoms with Gasteiger partial charge in [-0.3, -0.25) is 9.79 Å². The second-order valence-electron chi connectivity index (χ2n) is 5.96. The van der Waals surface area contributed by atoms with Crippen LogP contribution in [0.15, 0.2) is 53.2 Å². The first-order valence-corrected chi connectivity index (χ1v) is 8.26. The highest BCUT2D eigenvalue weighted by Crippen LogP contribution is 2.23. The molecule has 1 aromatic heterocycles. The summed E-state index contributed by atoms with van der Waals surface area (Å²) >= 11 is 0. The van der Waals surface area contributed by atoms with E-state index in [1.807, 2.05) is 18.2 Å². The third-order valence-electron chi connectivity index (χ3n) is 4.32. The summed E-state index contributed by atoms with van der Waals surface area (Å²) in [5.41, 5.74) is 8.87. The number of imidazole rings is 1. The lowest BCUT2D eigenvalue weighted by Gasteiger charge is -2.08. The molecular weight excluding hydrogens is 344 g/mol. The van der Waals surface area contributed by atoms with Crippen molar-refractivity contribution in [1.29, 1.82) is 0 Å². The number of methoxy groups -OCH3 is 1. The molecule has 0 saturated heterocycles. The number of aliphatic hydroxyl groups is 1. The van der Waals surface area contributed by atoms with Crippen LogP contribution in [0.25, 0.3) is 16.6 Å². The molecule has 138 valence electrons. The van der Waals surface area contributed by atoms with Crippen molar-refractivity contribution in [2.24, 2.45) is 10.7 Å². The molecule has 4 N–H and O–H groups in total. The van der Waals surface area contributed by atoms with Gasteiger partial charge in [-0.05, 0) is 36.8 Å². The van der Waals surface area contributed by atoms with E-state index in [0.717, 1.165) is 16.6 Å². The van der Waals surface area contributed by atoms with Crippen molar-refractivity contribution in [3.05, 3.63) is 65.2 Å². The zero-order valence-corrected chi connectivity index (χ0v) is 15.3. The zero-order chi connectivity index (χ0) is 19.6. The maximum Gasteiger partial charge on any atom is 0.248 e. The van der Waals surface area contributed by atoms with Gasteiger partial charge in [0.05, 0.1) is 18.1 Å². The fraction of sp³-hybridized carbons (Fsp3) is 0.150. The Hall–Kier alpha value is -3.61. The molecule has 0 atom stereocenters. The number of aromatic amines is 1. The molecule has 0 saturated carbocycles. The van der Waals surface area contributed by atoms with Crippen molar-refractivity contribution in [2.75, 3.05) is 14.2 Å². The van der Waals surface area contributed by atoms with Crippen molar-refractivity contribution in [3.8, 4) is 5.75 Å². The van der Waals surface area contributed by atoms with E-state index < -0.39 is 5.91 Å². The number of hydrogen-bond acceptors (Lipinski definition) is 5. The minimum atomic E-state index is -0.499. The summed E-state index contributed by atoms with van der Waals surface area (Å²) in [7, 11) is 3.18. The standard InChI is InChI=1S/C20H20N4O3/c1-11(12-4-6-13(7-5-12)19(21)26)18(25)17(22-2)20-23-15-9-8-14(27-3)10-16(15)24-20/h4-10,25H,1-3H3,(H2,21,26)(H,23,24)/b18-11-,22-17?. The van der Waals surface area contributed by atoms with Crippen LogP contribution < -0.4 is 10.5 Å². The summed E-state index contributed by atoms with van der Waals surface area (Å²) < 4.78 is 5.22. The van der Waals surface area contributed by atoms with E-state index in [-0.39, 0.29) is 5.76 Å². The van der Waals surface area contributed by atoms with Crippen LogP contribution in [-0.4, -0.2) is 40.9 Å². The van der Waals surface area contributed by atoms with Crippen molar-refractivity contribution in [1.82, 2.24) is 9.97 Å². The number of aliphatic hydroxyl groups excluding tert-OH is 1. The first kappa shape index (κ1) is 18.2. The maximum absolute atomic E-state index is 11.2. The molecular formula is C20H20N4O3. The fourth-order valence-electron chi connectivity index (χ4n) is 2.75. The molecule has 0 bridgehead atoms. The molecule has 0 fully saturated rings. The van der Waals surface area contributed by atoms with Crippen molar-refractivity contribution in [2.45, 2.75) is 6.92 Å². The number of nitrogens with one attached hydrogen (secondary N) is 1. The van der Waals surface area contributed by atoms with E-state index >= 15 is 0 Å². The lowest BCUT2D eigenvalue weighted by Crippen LogP contribution is -2.11. The van der Waals surface area contributed by atoms with Gasteiger partial charge in [0.2, 0.25) is 5.91 Å². The Kier molecular flexibility index (Phi) is 4.94. The van der Waals surface area contributed by atoms with Gasteiger partial charge in [-0.25, -0.2) is 4.98 Å². The van der Waals surface area contributed by atoms with E-state index in [4.69, 9.17) is 10.5 Å². The Labute approximate surface area is 156 Å². The Morgan fingerprint density at radius 2 is 1.85 bits per heavy atom. The normalized spacial score (nSPS) is 12.8. The number of fused-ring (bicyclic) bond motifs is 1. The van der Waals surface area contributed by atoms with Crippen LogP contribution in [0.2, 0.25) is 0 Å². The van der Waals surface area contributed by atoms with Gasteiger partial charge in [0.15, 0.2) is 5.82 Å². The molecule has 0 spiro atoms. The molecule has 0 aliphatic heterocycles. The van der Waals surface area contributed by atoms with Crippen molar-refractivity contribution >= 4 is 28.2 Å². The molecule has 27 heavy (non-hydrogen) atoms. The van der Waals surface area contributed by atoms with Crippen LogP contribution in [0.3, 0.4) is 0 Å². The highest BCUT2D eigenvalue weighted by Gasteiger charge is 2.17. The first-order chi connectivity index (χ1) is 12.9. The van der Waals surface area contributed by atoms with Gasteiger partial charge in [0.1, 0.15) is 17.2 Å². The Bertz CT molecular complexity index is 1060. The minimum Gasteiger partial charge on any atom is -0.505 e. The number of H-pyrrole nitrogens is 1. The number of primary amides is 1. The number of hydrogen-bond donors (Lipinski definition) is 3. The molecule has 0 aliphatic carbocycles. The maximum atomic E-state index is 11.2. The average molecular weight is 364 g/mol. The Balaban J connectivity index is 2.01. The lowest BCUT2D eigenvalue weighted by atomic mass is 10.0. The molecule has 3 rings (SSSR count). The number of ether oxygens (including phenoxy) is 1. The molecule has 7 nitrogen and oxygen atoms in total. The van der Waals surface area contributed by atoms with Gasteiger partial charge in [-0.2, -0.15) is 0 Å². The topological polar surface area (TPSA) is 114 Å². The number of aliphatic imine (C=N–C) groups is 1. The van der Waals surface area contributed by atoms with Gasteiger partial charge in [0.25, 0.3) is 0 Å². The van der Waals surface area contributed by atoms with Gasteiger partial charge in [-0.1, -0.05) is 12.1 Å². The van der Waals surface area contributed by atoms with E-state index in [0.29, 0.717) is 28.4 Å². The van der Waals surface area contributed by atoms with Crippen LogP contribution in [0.5, 0.6) is 5.75 Å². The van der Waals surface area contributed by atoms with E-state index in [1.165, 1.54) is 0 Å². The lowest BCUT2D eigenvalue weighted by molar-refractivity contribution is 0.100. The number of amides is 1. The predicted molar refractivity (Wildman–Crippen MR) is 105 cm³/mol. The molecule has 0 unspecified atom stereocenters. The average Bonchev–Trinajstić information content (AvgIpc) is 3.10.